The van der Waals surface area contributed by atoms with Crippen LogP contribution in [-0.4, -0.2) is 30.8 Å². The van der Waals surface area contributed by atoms with Gasteiger partial charge in [0.25, 0.3) is 0 Å². The van der Waals surface area contributed by atoms with E-state index in [9.17, 15) is 0 Å². The molecule has 1 aromatic heterocycles. The summed E-state index contributed by atoms with van der Waals surface area (Å²) in [6.07, 6.45) is 4.23. The molecule has 0 aliphatic carbocycles. The predicted octanol–water partition coefficient (Wildman–Crippen LogP) is 2.11. The van der Waals surface area contributed by atoms with Crippen molar-refractivity contribution < 1.29 is 4.74 Å². The van der Waals surface area contributed by atoms with Crippen molar-refractivity contribution in [1.29, 1.82) is 0 Å². The quantitative estimate of drug-likeness (QED) is 0.891. The van der Waals surface area contributed by atoms with Crippen molar-refractivity contribution in [3.8, 4) is 0 Å². The van der Waals surface area contributed by atoms with Crippen LogP contribution in [0.5, 0.6) is 0 Å². The zero-order valence-corrected chi connectivity index (χ0v) is 11.3. The molecule has 2 rings (SSSR count). The molecule has 4 nitrogen and oxygen atoms in total. The van der Waals surface area contributed by atoms with E-state index < -0.39 is 0 Å². The van der Waals surface area contributed by atoms with Gasteiger partial charge in [-0.3, -0.25) is 0 Å². The number of rotatable bonds is 3. The molecule has 18 heavy (non-hydrogen) atoms. The summed E-state index contributed by atoms with van der Waals surface area (Å²) in [6.45, 7) is 6.92. The van der Waals surface area contributed by atoms with E-state index in [0.29, 0.717) is 6.10 Å². The molecule has 4 heteroatoms. The molecule has 0 amide bonds. The van der Waals surface area contributed by atoms with Crippen molar-refractivity contribution in [2.75, 3.05) is 24.6 Å². The lowest BCUT2D eigenvalue weighted by atomic mass is 10.1. The Kier molecular flexibility index (Phi) is 4.55. The van der Waals surface area contributed by atoms with E-state index >= 15 is 0 Å². The normalized spacial score (nSPS) is 22.6. The third-order valence-electron chi connectivity index (χ3n) is 3.41. The van der Waals surface area contributed by atoms with Crippen LogP contribution in [0, 0.1) is 0 Å². The Bertz CT molecular complexity index is 381. The molecular weight excluding hydrogens is 226 g/mol. The second-order valence-electron chi connectivity index (χ2n) is 4.91. The summed E-state index contributed by atoms with van der Waals surface area (Å²) >= 11 is 0. The van der Waals surface area contributed by atoms with Crippen LogP contribution in [0.3, 0.4) is 0 Å². The molecule has 1 unspecified atom stereocenters. The number of nitrogens with two attached hydrogens (primary N) is 1. The highest BCUT2D eigenvalue weighted by Gasteiger charge is 2.21. The van der Waals surface area contributed by atoms with Crippen LogP contribution in [0.4, 0.5) is 5.82 Å². The highest BCUT2D eigenvalue weighted by atomic mass is 16.5. The molecule has 1 aliphatic heterocycles. The lowest BCUT2D eigenvalue weighted by Crippen LogP contribution is -2.33. The molecule has 0 spiro atoms. The van der Waals surface area contributed by atoms with Crippen LogP contribution in [0.25, 0.3) is 0 Å². The zero-order chi connectivity index (χ0) is 13.0. The molecule has 1 fully saturated rings. The SMILES string of the molecule is CCC1CN(c2ncccc2[C@H](C)N)CCCO1. The third kappa shape index (κ3) is 3.00. The molecule has 0 saturated carbocycles. The van der Waals surface area contributed by atoms with E-state index in [1.807, 2.05) is 19.2 Å². The fraction of sp³-hybridized carbons (Fsp3) is 0.643. The number of nitrogens with zero attached hydrogens (tertiary/aromatic N) is 2. The Morgan fingerprint density at radius 1 is 1.61 bits per heavy atom. The van der Waals surface area contributed by atoms with Crippen LogP contribution < -0.4 is 10.6 Å². The monoisotopic (exact) mass is 249 g/mol. The van der Waals surface area contributed by atoms with E-state index in [1.165, 1.54) is 0 Å². The number of hydrogen-bond acceptors (Lipinski definition) is 4. The Morgan fingerprint density at radius 3 is 3.17 bits per heavy atom. The summed E-state index contributed by atoms with van der Waals surface area (Å²) in [6, 6.07) is 4.03. The minimum Gasteiger partial charge on any atom is -0.376 e. The number of aromatic nitrogens is 1. The molecule has 2 N–H and O–H groups in total. The Morgan fingerprint density at radius 2 is 2.44 bits per heavy atom. The molecule has 2 heterocycles. The van der Waals surface area contributed by atoms with Gasteiger partial charge in [-0.15, -0.1) is 0 Å². The number of hydrogen-bond donors (Lipinski definition) is 1. The van der Waals surface area contributed by atoms with Crippen molar-refractivity contribution in [3.05, 3.63) is 23.9 Å². The third-order valence-corrected chi connectivity index (χ3v) is 3.41. The van der Waals surface area contributed by atoms with E-state index in [-0.39, 0.29) is 6.04 Å². The van der Waals surface area contributed by atoms with Gasteiger partial charge in [-0.05, 0) is 25.8 Å². The summed E-state index contributed by atoms with van der Waals surface area (Å²) in [5.74, 6) is 1.02. The van der Waals surface area contributed by atoms with Crippen molar-refractivity contribution in [2.45, 2.75) is 38.8 Å². The van der Waals surface area contributed by atoms with Crippen LogP contribution >= 0.6 is 0 Å². The smallest absolute Gasteiger partial charge is 0.133 e. The Labute approximate surface area is 109 Å². The number of anilines is 1. The maximum atomic E-state index is 6.03. The first-order chi connectivity index (χ1) is 8.72. The number of pyridine rings is 1. The van der Waals surface area contributed by atoms with Gasteiger partial charge in [-0.1, -0.05) is 13.0 Å². The second kappa shape index (κ2) is 6.16. The predicted molar refractivity (Wildman–Crippen MR) is 73.7 cm³/mol. The zero-order valence-electron chi connectivity index (χ0n) is 11.3. The summed E-state index contributed by atoms with van der Waals surface area (Å²) in [7, 11) is 0. The van der Waals surface area contributed by atoms with Crippen LogP contribution in [0.2, 0.25) is 0 Å². The van der Waals surface area contributed by atoms with Crippen LogP contribution in [0.15, 0.2) is 18.3 Å². The first kappa shape index (κ1) is 13.3. The van der Waals surface area contributed by atoms with Crippen LogP contribution in [0.1, 0.15) is 38.3 Å². The average Bonchev–Trinajstić information content (AvgIpc) is 2.64. The van der Waals surface area contributed by atoms with E-state index in [0.717, 1.165) is 43.9 Å². The minimum atomic E-state index is 0.0120. The second-order valence-corrected chi connectivity index (χ2v) is 4.91. The molecule has 0 aromatic carbocycles. The molecule has 0 radical (unpaired) electrons. The molecule has 100 valence electrons. The van der Waals surface area contributed by atoms with Gasteiger partial charge in [0.05, 0.1) is 6.10 Å². The molecule has 2 atom stereocenters. The van der Waals surface area contributed by atoms with Gasteiger partial charge < -0.3 is 15.4 Å². The Balaban J connectivity index is 2.23. The molecular formula is C14H23N3O. The summed E-state index contributed by atoms with van der Waals surface area (Å²) in [5.41, 5.74) is 7.15. The highest BCUT2D eigenvalue weighted by molar-refractivity contribution is 5.48. The van der Waals surface area contributed by atoms with Gasteiger partial charge in [0.15, 0.2) is 0 Å². The van der Waals surface area contributed by atoms with Gasteiger partial charge in [0.2, 0.25) is 0 Å². The average molecular weight is 249 g/mol. The molecule has 0 bridgehead atoms. The van der Waals surface area contributed by atoms with Gasteiger partial charge in [0, 0.05) is 37.5 Å². The minimum absolute atomic E-state index is 0.0120. The fourth-order valence-electron chi connectivity index (χ4n) is 2.36. The van der Waals surface area contributed by atoms with Gasteiger partial charge >= 0.3 is 0 Å². The fourth-order valence-corrected chi connectivity index (χ4v) is 2.36. The first-order valence-corrected chi connectivity index (χ1v) is 6.79. The maximum absolute atomic E-state index is 6.03. The van der Waals surface area contributed by atoms with Crippen LogP contribution in [-0.2, 0) is 4.74 Å². The van der Waals surface area contributed by atoms with E-state index in [2.05, 4.69) is 22.9 Å². The topological polar surface area (TPSA) is 51.4 Å². The Hall–Kier alpha value is -1.13. The van der Waals surface area contributed by atoms with Crippen molar-refractivity contribution >= 4 is 5.82 Å². The van der Waals surface area contributed by atoms with E-state index in [4.69, 9.17) is 10.5 Å². The lowest BCUT2D eigenvalue weighted by Gasteiger charge is -2.27. The van der Waals surface area contributed by atoms with Gasteiger partial charge in [-0.2, -0.15) is 0 Å². The van der Waals surface area contributed by atoms with E-state index in [1.54, 1.807) is 0 Å². The molecule has 1 saturated heterocycles. The molecule has 1 aromatic rings. The standard InChI is InChI=1S/C14H23N3O/c1-3-12-10-17(8-5-9-18-12)14-13(11(2)15)6-4-7-16-14/h4,6-7,11-12H,3,5,8-10,15H2,1-2H3/t11-,12?/m0/s1. The summed E-state index contributed by atoms with van der Waals surface area (Å²) in [5, 5.41) is 0. The summed E-state index contributed by atoms with van der Waals surface area (Å²) < 4.78 is 5.80. The first-order valence-electron chi connectivity index (χ1n) is 6.79. The summed E-state index contributed by atoms with van der Waals surface area (Å²) in [4.78, 5) is 6.84. The lowest BCUT2D eigenvalue weighted by molar-refractivity contribution is 0.0664. The maximum Gasteiger partial charge on any atom is 0.133 e. The van der Waals surface area contributed by atoms with Crippen molar-refractivity contribution in [3.63, 3.8) is 0 Å². The molecule has 1 aliphatic rings. The highest BCUT2D eigenvalue weighted by Crippen LogP contribution is 2.24. The van der Waals surface area contributed by atoms with Crippen molar-refractivity contribution in [1.82, 2.24) is 4.98 Å². The van der Waals surface area contributed by atoms with Gasteiger partial charge in [-0.25, -0.2) is 4.98 Å². The largest absolute Gasteiger partial charge is 0.376 e. The van der Waals surface area contributed by atoms with Crippen molar-refractivity contribution in [2.24, 2.45) is 5.73 Å². The van der Waals surface area contributed by atoms with Gasteiger partial charge in [0.1, 0.15) is 5.82 Å². The number of ether oxygens (including phenoxy) is 1.